The topological polar surface area (TPSA) is 102 Å². The van der Waals surface area contributed by atoms with E-state index in [-0.39, 0.29) is 23.4 Å². The zero-order valence-corrected chi connectivity index (χ0v) is 13.5. The minimum absolute atomic E-state index is 0.0151. The summed E-state index contributed by atoms with van der Waals surface area (Å²) in [6, 6.07) is 17.1. The Hall–Kier alpha value is -3.74. The number of nitrogens with zero attached hydrogens (tertiary/aromatic N) is 2. The summed E-state index contributed by atoms with van der Waals surface area (Å²) in [6.07, 6.45) is 0. The van der Waals surface area contributed by atoms with Gasteiger partial charge in [0.25, 0.3) is 11.2 Å². The Morgan fingerprint density at radius 2 is 1.65 bits per heavy atom. The molecule has 1 N–H and O–H groups in total. The lowest BCUT2D eigenvalue weighted by Gasteiger charge is -2.13. The summed E-state index contributed by atoms with van der Waals surface area (Å²) in [7, 11) is 0. The lowest BCUT2D eigenvalue weighted by molar-refractivity contribution is -0.384. The van der Waals surface area contributed by atoms with Crippen molar-refractivity contribution >= 4 is 11.7 Å². The minimum Gasteiger partial charge on any atom is -0.478 e. The van der Waals surface area contributed by atoms with Gasteiger partial charge in [-0.1, -0.05) is 30.3 Å². The highest BCUT2D eigenvalue weighted by Crippen LogP contribution is 2.20. The van der Waals surface area contributed by atoms with Gasteiger partial charge in [0.2, 0.25) is 0 Å². The third-order valence-electron chi connectivity index (χ3n) is 3.97. The van der Waals surface area contributed by atoms with E-state index in [4.69, 9.17) is 5.11 Å². The lowest BCUT2D eigenvalue weighted by Crippen LogP contribution is -2.21. The molecule has 3 aromatic rings. The number of aromatic carboxylic acids is 1. The smallest absolute Gasteiger partial charge is 0.335 e. The van der Waals surface area contributed by atoms with Gasteiger partial charge in [0, 0.05) is 18.2 Å². The molecular weight excluding hydrogens is 336 g/mol. The van der Waals surface area contributed by atoms with Crippen LogP contribution in [0.25, 0.3) is 11.3 Å². The molecule has 0 saturated heterocycles. The van der Waals surface area contributed by atoms with Crippen LogP contribution in [0.5, 0.6) is 0 Å². The third kappa shape index (κ3) is 3.51. The van der Waals surface area contributed by atoms with Crippen LogP contribution in [0.15, 0.2) is 71.5 Å². The van der Waals surface area contributed by atoms with E-state index in [0.29, 0.717) is 11.3 Å². The Labute approximate surface area is 147 Å². The second kappa shape index (κ2) is 7.02. The highest BCUT2D eigenvalue weighted by atomic mass is 16.6. The molecule has 0 fully saturated rings. The predicted octanol–water partition coefficient (Wildman–Crippen LogP) is 3.17. The zero-order valence-electron chi connectivity index (χ0n) is 13.5. The summed E-state index contributed by atoms with van der Waals surface area (Å²) in [5, 5.41) is 19.7. The number of non-ortho nitro benzene ring substituents is 1. The number of nitro groups is 1. The Morgan fingerprint density at radius 1 is 1.00 bits per heavy atom. The molecule has 3 rings (SSSR count). The van der Waals surface area contributed by atoms with E-state index >= 15 is 0 Å². The van der Waals surface area contributed by atoms with Gasteiger partial charge < -0.3 is 9.67 Å². The Bertz CT molecular complexity index is 1020. The Kier molecular flexibility index (Phi) is 4.62. The molecule has 0 aliphatic carbocycles. The van der Waals surface area contributed by atoms with Gasteiger partial charge in [-0.05, 0) is 29.3 Å². The molecule has 0 amide bonds. The van der Waals surface area contributed by atoms with Gasteiger partial charge >= 0.3 is 5.97 Å². The van der Waals surface area contributed by atoms with Crippen molar-refractivity contribution in [2.24, 2.45) is 0 Å². The van der Waals surface area contributed by atoms with Crippen molar-refractivity contribution in [2.75, 3.05) is 0 Å². The first-order valence-corrected chi connectivity index (χ1v) is 7.72. The van der Waals surface area contributed by atoms with Crippen LogP contribution in [0, 0.1) is 10.1 Å². The molecule has 0 saturated carbocycles. The highest BCUT2D eigenvalue weighted by Gasteiger charge is 2.10. The number of carboxylic acids is 1. The first kappa shape index (κ1) is 17.1. The number of nitro benzene ring substituents is 1. The largest absolute Gasteiger partial charge is 0.478 e. The van der Waals surface area contributed by atoms with Gasteiger partial charge in [-0.25, -0.2) is 4.79 Å². The van der Waals surface area contributed by atoms with Crippen LogP contribution in [0.4, 0.5) is 5.69 Å². The first-order chi connectivity index (χ1) is 12.5. The van der Waals surface area contributed by atoms with Crippen molar-refractivity contribution in [3.63, 3.8) is 0 Å². The van der Waals surface area contributed by atoms with Crippen LogP contribution in [-0.4, -0.2) is 20.6 Å². The molecule has 7 nitrogen and oxygen atoms in total. The molecule has 0 radical (unpaired) electrons. The SMILES string of the molecule is O=C(O)c1ccc(-c2cccc(=O)n2Cc2ccc([N+](=O)[O-])cc2)cc1. The van der Waals surface area contributed by atoms with Crippen molar-refractivity contribution in [3.8, 4) is 11.3 Å². The van der Waals surface area contributed by atoms with Crippen molar-refractivity contribution < 1.29 is 14.8 Å². The number of benzene rings is 2. The second-order valence-electron chi connectivity index (χ2n) is 5.64. The van der Waals surface area contributed by atoms with Crippen LogP contribution in [0.2, 0.25) is 0 Å². The number of aromatic nitrogens is 1. The molecule has 0 aliphatic rings. The van der Waals surface area contributed by atoms with Crippen LogP contribution < -0.4 is 5.56 Å². The molecule has 7 heteroatoms. The molecule has 0 atom stereocenters. The highest BCUT2D eigenvalue weighted by molar-refractivity contribution is 5.88. The van der Waals surface area contributed by atoms with Gasteiger partial charge in [-0.15, -0.1) is 0 Å². The van der Waals surface area contributed by atoms with Gasteiger partial charge in [0.1, 0.15) is 0 Å². The van der Waals surface area contributed by atoms with Gasteiger partial charge in [-0.2, -0.15) is 0 Å². The monoisotopic (exact) mass is 350 g/mol. The maximum atomic E-state index is 12.3. The minimum atomic E-state index is -1.02. The predicted molar refractivity (Wildman–Crippen MR) is 95.3 cm³/mol. The van der Waals surface area contributed by atoms with Gasteiger partial charge in [0.05, 0.1) is 22.7 Å². The molecular formula is C19H14N2O5. The quantitative estimate of drug-likeness (QED) is 0.562. The summed E-state index contributed by atoms with van der Waals surface area (Å²) in [5.41, 5.74) is 2.01. The number of carbonyl (C=O) groups is 1. The first-order valence-electron chi connectivity index (χ1n) is 7.72. The fraction of sp³-hybridized carbons (Fsp3) is 0.0526. The van der Waals surface area contributed by atoms with E-state index in [1.54, 1.807) is 36.4 Å². The molecule has 130 valence electrons. The molecule has 1 heterocycles. The van der Waals surface area contributed by atoms with Crippen molar-refractivity contribution in [1.82, 2.24) is 4.57 Å². The third-order valence-corrected chi connectivity index (χ3v) is 3.97. The maximum Gasteiger partial charge on any atom is 0.335 e. The molecule has 2 aromatic carbocycles. The van der Waals surface area contributed by atoms with Crippen molar-refractivity contribution in [2.45, 2.75) is 6.54 Å². The average Bonchev–Trinajstić information content (AvgIpc) is 2.64. The van der Waals surface area contributed by atoms with E-state index in [0.717, 1.165) is 5.56 Å². The summed E-state index contributed by atoms with van der Waals surface area (Å²) < 4.78 is 1.54. The summed E-state index contributed by atoms with van der Waals surface area (Å²) >= 11 is 0. The van der Waals surface area contributed by atoms with Crippen LogP contribution in [-0.2, 0) is 6.54 Å². The van der Waals surface area contributed by atoms with E-state index in [1.165, 1.54) is 34.9 Å². The zero-order chi connectivity index (χ0) is 18.7. The number of rotatable bonds is 5. The molecule has 1 aromatic heterocycles. The van der Waals surface area contributed by atoms with Crippen LogP contribution in [0.1, 0.15) is 15.9 Å². The Morgan fingerprint density at radius 3 is 2.23 bits per heavy atom. The molecule has 0 bridgehead atoms. The fourth-order valence-electron chi connectivity index (χ4n) is 2.62. The van der Waals surface area contributed by atoms with E-state index in [1.807, 2.05) is 0 Å². The molecule has 0 spiro atoms. The van der Waals surface area contributed by atoms with E-state index in [9.17, 15) is 19.7 Å². The second-order valence-corrected chi connectivity index (χ2v) is 5.64. The fourth-order valence-corrected chi connectivity index (χ4v) is 2.62. The number of carboxylic acid groups (broad SMARTS) is 1. The molecule has 0 aliphatic heterocycles. The molecule has 26 heavy (non-hydrogen) atoms. The van der Waals surface area contributed by atoms with Crippen molar-refractivity contribution in [3.05, 3.63) is 98.3 Å². The summed E-state index contributed by atoms with van der Waals surface area (Å²) in [6.45, 7) is 0.244. The average molecular weight is 350 g/mol. The van der Waals surface area contributed by atoms with Crippen LogP contribution in [0.3, 0.4) is 0 Å². The summed E-state index contributed by atoms with van der Waals surface area (Å²) in [4.78, 5) is 33.6. The standard InChI is InChI=1S/C19H14N2O5/c22-18-3-1-2-17(14-6-8-15(9-7-14)19(23)24)20(18)12-13-4-10-16(11-5-13)21(25)26/h1-11H,12H2,(H,23,24). The Balaban J connectivity index is 1.98. The van der Waals surface area contributed by atoms with Crippen LogP contribution >= 0.6 is 0 Å². The number of hydrogen-bond acceptors (Lipinski definition) is 4. The van der Waals surface area contributed by atoms with Crippen molar-refractivity contribution in [1.29, 1.82) is 0 Å². The molecule has 0 unspecified atom stereocenters. The lowest BCUT2D eigenvalue weighted by atomic mass is 10.1. The maximum absolute atomic E-state index is 12.3. The van der Waals surface area contributed by atoms with E-state index in [2.05, 4.69) is 0 Å². The van der Waals surface area contributed by atoms with Gasteiger partial charge in [0.15, 0.2) is 0 Å². The number of hydrogen-bond donors (Lipinski definition) is 1. The van der Waals surface area contributed by atoms with Gasteiger partial charge in [-0.3, -0.25) is 14.9 Å². The normalized spacial score (nSPS) is 10.5. The van der Waals surface area contributed by atoms with E-state index < -0.39 is 10.9 Å². The number of pyridine rings is 1. The summed E-state index contributed by atoms with van der Waals surface area (Å²) in [5.74, 6) is -1.02.